The van der Waals surface area contributed by atoms with E-state index < -0.39 is 43.0 Å². The second-order valence-electron chi connectivity index (χ2n) is 6.22. The van der Waals surface area contributed by atoms with Gasteiger partial charge in [0.25, 0.3) is 15.8 Å². The van der Waals surface area contributed by atoms with Crippen molar-refractivity contribution in [1.29, 1.82) is 0 Å². The molecule has 2 aromatic carbocycles. The number of nitro benzene ring substituents is 1. The summed E-state index contributed by atoms with van der Waals surface area (Å²) < 4.78 is 32.0. The summed E-state index contributed by atoms with van der Waals surface area (Å²) in [4.78, 5) is 9.05. The molecule has 1 unspecified atom stereocenters. The zero-order valence-corrected chi connectivity index (χ0v) is 18.4. The molecule has 0 aliphatic heterocycles. The van der Waals surface area contributed by atoms with Gasteiger partial charge in [0.05, 0.1) is 10.8 Å². The topological polar surface area (TPSA) is 163 Å². The van der Waals surface area contributed by atoms with E-state index in [-0.39, 0.29) is 36.2 Å². The van der Waals surface area contributed by atoms with E-state index in [1.54, 1.807) is 13.0 Å². The third-order valence-corrected chi connectivity index (χ3v) is 5.14. The van der Waals surface area contributed by atoms with Crippen LogP contribution in [0.15, 0.2) is 80.7 Å². The number of hydrogen-bond acceptors (Lipinski definition) is 8. The van der Waals surface area contributed by atoms with Crippen molar-refractivity contribution in [3.63, 3.8) is 0 Å². The number of hydrogen-bond donors (Lipinski definition) is 3. The molecule has 10 nitrogen and oxygen atoms in total. The Hall–Kier alpha value is -3.04. The number of aliphatic hydroxyl groups is 1. The number of non-ortho nitro benzene ring substituents is 1. The Kier molecular flexibility index (Phi) is 8.26. The van der Waals surface area contributed by atoms with Crippen LogP contribution in [-0.4, -0.2) is 28.1 Å². The Morgan fingerprint density at radius 2 is 1.71 bits per heavy atom. The second kappa shape index (κ2) is 9.85. The third kappa shape index (κ3) is 5.36. The van der Waals surface area contributed by atoms with Crippen LogP contribution in [0.5, 0.6) is 5.75 Å². The molecular weight excluding hydrogens is 466 g/mol. The minimum atomic E-state index is -4.94. The molecule has 1 aliphatic rings. The number of azo groups is 1. The molecule has 0 amide bonds. The molecule has 31 heavy (non-hydrogen) atoms. The number of aromatic hydroxyl groups is 1. The Morgan fingerprint density at radius 1 is 1.10 bits per heavy atom. The van der Waals surface area contributed by atoms with Crippen LogP contribution in [0.4, 0.5) is 11.4 Å². The van der Waals surface area contributed by atoms with Gasteiger partial charge < -0.3 is 17.6 Å². The molecule has 0 saturated carbocycles. The first-order chi connectivity index (χ1) is 13.6. The van der Waals surface area contributed by atoms with Crippen LogP contribution >= 0.6 is 0 Å². The fourth-order valence-corrected chi connectivity index (χ4v) is 3.48. The van der Waals surface area contributed by atoms with Crippen LogP contribution in [0, 0.1) is 17.5 Å². The molecule has 164 valence electrons. The molecule has 0 spiro atoms. The van der Waals surface area contributed by atoms with E-state index in [1.165, 1.54) is 0 Å². The monoisotopic (exact) mass is 484 g/mol. The van der Waals surface area contributed by atoms with Gasteiger partial charge in [-0.2, -0.15) is 8.42 Å². The first kappa shape index (κ1) is 26.0. The van der Waals surface area contributed by atoms with Crippen molar-refractivity contribution in [3.05, 3.63) is 88.7 Å². The molecule has 0 bridgehead atoms. The molecule has 0 heterocycles. The molecule has 3 N–H and O–H groups in total. The number of benzene rings is 2. The standard InChI is InChI=1S/C18H15N3O7S.CH3.Cr/c1-10-7-13(11-5-3-2-4-6-11)17(22)16(10)20-19-14-8-12(21(24)25)9-15(18(14)23)29(26,27)28;;/h2-9,13,22-23H,1H3,(H,26,27,28);1H3;/q;-1;. The number of allylic oxidation sites excluding steroid dienone is 2. The van der Waals surface area contributed by atoms with Gasteiger partial charge in [0.1, 0.15) is 22.0 Å². The summed E-state index contributed by atoms with van der Waals surface area (Å²) in [5, 5.41) is 39.1. The van der Waals surface area contributed by atoms with Gasteiger partial charge in [-0.15, -0.1) is 10.2 Å². The number of phenols is 1. The summed E-state index contributed by atoms with van der Waals surface area (Å²) >= 11 is 0. The molecule has 3 rings (SSSR count). The van der Waals surface area contributed by atoms with Crippen LogP contribution < -0.4 is 0 Å². The first-order valence-corrected chi connectivity index (χ1v) is 9.61. The summed E-state index contributed by atoms with van der Waals surface area (Å²) in [6.45, 7) is 1.67. The summed E-state index contributed by atoms with van der Waals surface area (Å²) in [6.07, 6.45) is 1.75. The smallest absolute Gasteiger partial charge is 0.298 e. The maximum absolute atomic E-state index is 11.4. The molecule has 0 aromatic heterocycles. The SMILES string of the molecule is CC1=CC(c2ccccc2)C(O)=C1N=Nc1cc([N+](=O)[O-])cc(S(=O)(=O)O)c1O.[CH3-].[Cr]. The van der Waals surface area contributed by atoms with Crippen LogP contribution in [0.2, 0.25) is 0 Å². The molecule has 0 fully saturated rings. The van der Waals surface area contributed by atoms with E-state index in [9.17, 15) is 33.3 Å². The van der Waals surface area contributed by atoms with Gasteiger partial charge in [-0.1, -0.05) is 36.4 Å². The quantitative estimate of drug-likeness (QED) is 0.184. The van der Waals surface area contributed by atoms with Crippen LogP contribution in [0.1, 0.15) is 18.4 Å². The number of phenolic OH excluding ortho intramolecular Hbond substituents is 1. The number of nitro groups is 1. The fraction of sp³-hybridized carbons (Fsp3) is 0.105. The van der Waals surface area contributed by atoms with Gasteiger partial charge >= 0.3 is 0 Å². The number of aliphatic hydroxyl groups excluding tert-OH is 1. The summed E-state index contributed by atoms with van der Waals surface area (Å²) in [7, 11) is -4.94. The average molecular weight is 484 g/mol. The average Bonchev–Trinajstić information content (AvgIpc) is 2.94. The normalized spacial score (nSPS) is 15.9. The van der Waals surface area contributed by atoms with Crippen LogP contribution in [0.25, 0.3) is 0 Å². The predicted octanol–water partition coefficient (Wildman–Crippen LogP) is 4.59. The van der Waals surface area contributed by atoms with Crippen LogP contribution in [0.3, 0.4) is 0 Å². The van der Waals surface area contributed by atoms with Crippen molar-refractivity contribution in [2.24, 2.45) is 10.2 Å². The van der Waals surface area contributed by atoms with Crippen LogP contribution in [-0.2, 0) is 27.5 Å². The van der Waals surface area contributed by atoms with Crippen molar-refractivity contribution < 1.29 is 45.5 Å². The number of rotatable bonds is 5. The molecular formula is C19H18CrN3O7S-. The second-order valence-corrected chi connectivity index (χ2v) is 7.61. The van der Waals surface area contributed by atoms with Crippen molar-refractivity contribution in [2.45, 2.75) is 17.7 Å². The maximum atomic E-state index is 11.4. The van der Waals surface area contributed by atoms with E-state index in [1.807, 2.05) is 30.3 Å². The van der Waals surface area contributed by atoms with Gasteiger partial charge in [0.2, 0.25) is 0 Å². The minimum Gasteiger partial charge on any atom is -0.509 e. The van der Waals surface area contributed by atoms with E-state index >= 15 is 0 Å². The predicted molar refractivity (Wildman–Crippen MR) is 108 cm³/mol. The number of nitrogens with zero attached hydrogens (tertiary/aromatic N) is 3. The van der Waals surface area contributed by atoms with Gasteiger partial charge in [-0.3, -0.25) is 14.7 Å². The van der Waals surface area contributed by atoms with E-state index in [0.29, 0.717) is 11.6 Å². The Morgan fingerprint density at radius 3 is 2.26 bits per heavy atom. The third-order valence-electron chi connectivity index (χ3n) is 4.27. The molecule has 0 radical (unpaired) electrons. The fourth-order valence-electron chi connectivity index (χ4n) is 2.86. The van der Waals surface area contributed by atoms with Gasteiger partial charge in [-0.05, 0) is 18.1 Å². The van der Waals surface area contributed by atoms with Crippen molar-refractivity contribution in [2.75, 3.05) is 0 Å². The molecule has 1 atom stereocenters. The van der Waals surface area contributed by atoms with Crippen molar-refractivity contribution in [3.8, 4) is 5.75 Å². The maximum Gasteiger partial charge on any atom is 0.298 e. The Balaban J connectivity index is 0.00000240. The molecule has 12 heteroatoms. The van der Waals surface area contributed by atoms with E-state index in [0.717, 1.165) is 11.6 Å². The van der Waals surface area contributed by atoms with Gasteiger partial charge in [0.15, 0.2) is 5.75 Å². The van der Waals surface area contributed by atoms with Crippen molar-refractivity contribution in [1.82, 2.24) is 0 Å². The minimum absolute atomic E-state index is 0. The van der Waals surface area contributed by atoms with E-state index in [4.69, 9.17) is 0 Å². The summed E-state index contributed by atoms with van der Waals surface area (Å²) in [6, 6.07) is 10.4. The Bertz CT molecular complexity index is 1190. The first-order valence-electron chi connectivity index (χ1n) is 8.17. The van der Waals surface area contributed by atoms with E-state index in [2.05, 4.69) is 10.2 Å². The molecule has 2 aromatic rings. The zero-order valence-electron chi connectivity index (χ0n) is 16.3. The van der Waals surface area contributed by atoms with Gasteiger partial charge in [0, 0.05) is 29.5 Å². The summed E-state index contributed by atoms with van der Waals surface area (Å²) in [5.74, 6) is -1.57. The zero-order chi connectivity index (χ0) is 21.3. The largest absolute Gasteiger partial charge is 0.509 e. The molecule has 1 aliphatic carbocycles. The van der Waals surface area contributed by atoms with Gasteiger partial charge in [-0.25, -0.2) is 0 Å². The van der Waals surface area contributed by atoms with Crippen molar-refractivity contribution >= 4 is 21.5 Å². The Labute approximate surface area is 189 Å². The molecule has 0 saturated heterocycles. The summed E-state index contributed by atoms with van der Waals surface area (Å²) in [5.41, 5.74) is 0.186.